The lowest BCUT2D eigenvalue weighted by molar-refractivity contribution is -0.124. The third kappa shape index (κ3) is 4.36. The molecule has 0 radical (unpaired) electrons. The third-order valence-corrected chi connectivity index (χ3v) is 5.80. The molecule has 0 aromatic heterocycles. The summed E-state index contributed by atoms with van der Waals surface area (Å²) in [5.41, 5.74) is 0.457. The maximum absolute atomic E-state index is 12.7. The van der Waals surface area contributed by atoms with Crippen molar-refractivity contribution in [2.75, 3.05) is 27.3 Å². The lowest BCUT2D eigenvalue weighted by Crippen LogP contribution is -2.51. The second-order valence-electron chi connectivity index (χ2n) is 7.55. The van der Waals surface area contributed by atoms with Crippen molar-refractivity contribution in [1.29, 1.82) is 5.26 Å². The molecule has 1 saturated heterocycles. The molecule has 1 aromatic rings. The molecular weight excluding hydrogens is 342 g/mol. The van der Waals surface area contributed by atoms with Crippen LogP contribution in [0.25, 0.3) is 0 Å². The molecule has 1 unspecified atom stereocenters. The number of carbonyl (C=O) groups excluding carboxylic acids is 1. The molecule has 3 rings (SSSR count). The molecule has 6 heteroatoms. The number of amides is 1. The zero-order chi connectivity index (χ0) is 19.3. The Hall–Kier alpha value is -2.26. The van der Waals surface area contributed by atoms with Gasteiger partial charge in [0.15, 0.2) is 11.5 Å². The van der Waals surface area contributed by atoms with Crippen LogP contribution >= 0.6 is 0 Å². The molecule has 1 aliphatic carbocycles. The summed E-state index contributed by atoms with van der Waals surface area (Å²) in [4.78, 5) is 14.9. The minimum absolute atomic E-state index is 0.0502. The van der Waals surface area contributed by atoms with Crippen LogP contribution in [-0.2, 0) is 4.79 Å². The van der Waals surface area contributed by atoms with E-state index in [0.29, 0.717) is 18.0 Å². The molecule has 1 aliphatic heterocycles. The topological polar surface area (TPSA) is 74.6 Å². The summed E-state index contributed by atoms with van der Waals surface area (Å²) in [6, 6.07) is 8.50. The normalized spacial score (nSPS) is 22.0. The molecule has 0 spiro atoms. The summed E-state index contributed by atoms with van der Waals surface area (Å²) in [5, 5.41) is 12.6. The molecule has 1 aromatic carbocycles. The van der Waals surface area contributed by atoms with E-state index in [-0.39, 0.29) is 11.9 Å². The second-order valence-corrected chi connectivity index (χ2v) is 7.55. The van der Waals surface area contributed by atoms with Crippen LogP contribution in [0.1, 0.15) is 56.6 Å². The Morgan fingerprint density at radius 3 is 2.63 bits per heavy atom. The van der Waals surface area contributed by atoms with Crippen LogP contribution in [0, 0.1) is 11.3 Å². The van der Waals surface area contributed by atoms with E-state index in [1.165, 1.54) is 0 Å². The van der Waals surface area contributed by atoms with E-state index in [1.807, 2.05) is 18.2 Å². The van der Waals surface area contributed by atoms with E-state index in [4.69, 9.17) is 9.47 Å². The van der Waals surface area contributed by atoms with Gasteiger partial charge in [0.1, 0.15) is 5.54 Å². The molecule has 2 aliphatic rings. The van der Waals surface area contributed by atoms with Gasteiger partial charge in [0.2, 0.25) is 5.91 Å². The number of hydrogen-bond donors (Lipinski definition) is 1. The number of nitriles is 1. The predicted octanol–water partition coefficient (Wildman–Crippen LogP) is 3.18. The Morgan fingerprint density at radius 1 is 1.22 bits per heavy atom. The van der Waals surface area contributed by atoms with Crippen LogP contribution in [-0.4, -0.2) is 43.7 Å². The maximum atomic E-state index is 12.7. The fraction of sp³-hybridized carbons (Fsp3) is 0.619. The maximum Gasteiger partial charge on any atom is 0.235 e. The third-order valence-electron chi connectivity index (χ3n) is 5.80. The fourth-order valence-corrected chi connectivity index (χ4v) is 4.36. The molecule has 1 saturated carbocycles. The van der Waals surface area contributed by atoms with Crippen molar-refractivity contribution in [2.24, 2.45) is 0 Å². The van der Waals surface area contributed by atoms with Gasteiger partial charge < -0.3 is 14.8 Å². The molecule has 1 atom stereocenters. The Bertz CT molecular complexity index is 707. The largest absolute Gasteiger partial charge is 0.493 e. The summed E-state index contributed by atoms with van der Waals surface area (Å²) in [5.74, 6) is 1.36. The SMILES string of the molecule is COc1ccc(C2CCCN2CC(=O)NC2(C#N)CCCCC2)cc1OC. The van der Waals surface area contributed by atoms with E-state index in [2.05, 4.69) is 16.3 Å². The summed E-state index contributed by atoms with van der Waals surface area (Å²) in [6.07, 6.45) is 6.73. The van der Waals surface area contributed by atoms with Crippen molar-refractivity contribution < 1.29 is 14.3 Å². The monoisotopic (exact) mass is 371 g/mol. The van der Waals surface area contributed by atoms with Gasteiger partial charge in [0.05, 0.1) is 26.8 Å². The van der Waals surface area contributed by atoms with E-state index < -0.39 is 5.54 Å². The molecule has 1 N–H and O–H groups in total. The van der Waals surface area contributed by atoms with Crippen molar-refractivity contribution in [3.8, 4) is 17.6 Å². The van der Waals surface area contributed by atoms with Gasteiger partial charge in [0, 0.05) is 6.04 Å². The molecule has 6 nitrogen and oxygen atoms in total. The highest BCUT2D eigenvalue weighted by Crippen LogP contribution is 2.36. The summed E-state index contributed by atoms with van der Waals surface area (Å²) in [6.45, 7) is 1.20. The Morgan fingerprint density at radius 2 is 1.96 bits per heavy atom. The molecule has 0 bridgehead atoms. The highest BCUT2D eigenvalue weighted by atomic mass is 16.5. The number of nitrogens with zero attached hydrogens (tertiary/aromatic N) is 2. The van der Waals surface area contributed by atoms with Gasteiger partial charge in [0.25, 0.3) is 0 Å². The Balaban J connectivity index is 1.68. The zero-order valence-corrected chi connectivity index (χ0v) is 16.3. The van der Waals surface area contributed by atoms with Crippen LogP contribution in [0.15, 0.2) is 18.2 Å². The molecule has 2 fully saturated rings. The van der Waals surface area contributed by atoms with Gasteiger partial charge in [-0.1, -0.05) is 25.3 Å². The molecule has 1 heterocycles. The van der Waals surface area contributed by atoms with Gasteiger partial charge in [-0.05, 0) is 49.9 Å². The van der Waals surface area contributed by atoms with Crippen LogP contribution in [0.2, 0.25) is 0 Å². The number of methoxy groups -OCH3 is 2. The average molecular weight is 371 g/mol. The number of nitrogens with one attached hydrogen (secondary N) is 1. The second kappa shape index (κ2) is 8.62. The number of hydrogen-bond acceptors (Lipinski definition) is 5. The lowest BCUT2D eigenvalue weighted by Gasteiger charge is -2.33. The average Bonchev–Trinajstić information content (AvgIpc) is 3.15. The summed E-state index contributed by atoms with van der Waals surface area (Å²) >= 11 is 0. The molecule has 1 amide bonds. The summed E-state index contributed by atoms with van der Waals surface area (Å²) < 4.78 is 10.7. The minimum atomic E-state index is -0.673. The predicted molar refractivity (Wildman–Crippen MR) is 103 cm³/mol. The quantitative estimate of drug-likeness (QED) is 0.831. The zero-order valence-electron chi connectivity index (χ0n) is 16.3. The van der Waals surface area contributed by atoms with E-state index in [9.17, 15) is 10.1 Å². The number of carbonyl (C=O) groups is 1. The standard InChI is InChI=1S/C21H29N3O3/c1-26-18-9-8-16(13-19(18)27-2)17-7-6-12-24(17)14-20(25)23-21(15-22)10-4-3-5-11-21/h8-9,13,17H,3-7,10-12,14H2,1-2H3,(H,23,25). The summed E-state index contributed by atoms with van der Waals surface area (Å²) in [7, 11) is 3.26. The molecule has 27 heavy (non-hydrogen) atoms. The van der Waals surface area contributed by atoms with E-state index in [0.717, 1.165) is 57.1 Å². The van der Waals surface area contributed by atoms with Crippen molar-refractivity contribution >= 4 is 5.91 Å². The van der Waals surface area contributed by atoms with Crippen LogP contribution in [0.5, 0.6) is 11.5 Å². The van der Waals surface area contributed by atoms with Crippen LogP contribution < -0.4 is 14.8 Å². The first-order chi connectivity index (χ1) is 13.1. The first-order valence-corrected chi connectivity index (χ1v) is 9.79. The minimum Gasteiger partial charge on any atom is -0.493 e. The Labute approximate surface area is 161 Å². The highest BCUT2D eigenvalue weighted by Gasteiger charge is 2.35. The van der Waals surface area contributed by atoms with E-state index in [1.54, 1.807) is 14.2 Å². The van der Waals surface area contributed by atoms with Crippen LogP contribution in [0.3, 0.4) is 0 Å². The van der Waals surface area contributed by atoms with E-state index >= 15 is 0 Å². The van der Waals surface area contributed by atoms with Gasteiger partial charge >= 0.3 is 0 Å². The first-order valence-electron chi connectivity index (χ1n) is 9.79. The van der Waals surface area contributed by atoms with Gasteiger partial charge in [-0.3, -0.25) is 9.69 Å². The Kier molecular flexibility index (Phi) is 6.22. The number of rotatable bonds is 6. The van der Waals surface area contributed by atoms with Gasteiger partial charge in [-0.25, -0.2) is 0 Å². The lowest BCUT2D eigenvalue weighted by atomic mass is 9.83. The first kappa shape index (κ1) is 19.5. The van der Waals surface area contributed by atoms with Crippen molar-refractivity contribution in [3.05, 3.63) is 23.8 Å². The van der Waals surface area contributed by atoms with Crippen LogP contribution in [0.4, 0.5) is 0 Å². The van der Waals surface area contributed by atoms with Crippen molar-refractivity contribution in [3.63, 3.8) is 0 Å². The van der Waals surface area contributed by atoms with Crippen molar-refractivity contribution in [1.82, 2.24) is 10.2 Å². The van der Waals surface area contributed by atoms with Gasteiger partial charge in [-0.15, -0.1) is 0 Å². The van der Waals surface area contributed by atoms with Crippen molar-refractivity contribution in [2.45, 2.75) is 56.5 Å². The molecular formula is C21H29N3O3. The highest BCUT2D eigenvalue weighted by molar-refractivity contribution is 5.79. The fourth-order valence-electron chi connectivity index (χ4n) is 4.36. The number of benzene rings is 1. The number of ether oxygens (including phenoxy) is 2. The van der Waals surface area contributed by atoms with Gasteiger partial charge in [-0.2, -0.15) is 5.26 Å². The number of likely N-dealkylation sites (tertiary alicyclic amines) is 1. The smallest absolute Gasteiger partial charge is 0.235 e. The molecule has 146 valence electrons.